The van der Waals surface area contributed by atoms with E-state index in [1.54, 1.807) is 10.2 Å². The van der Waals surface area contributed by atoms with Crippen molar-refractivity contribution in [3.05, 3.63) is 0 Å². The largest absolute Gasteiger partial charge is 0.394 e. The van der Waals surface area contributed by atoms with Crippen molar-refractivity contribution in [3.63, 3.8) is 0 Å². The second-order valence-electron chi connectivity index (χ2n) is 7.15. The Morgan fingerprint density at radius 2 is 1.35 bits per heavy atom. The van der Waals surface area contributed by atoms with Gasteiger partial charge in [-0.05, 0) is 0 Å². The van der Waals surface area contributed by atoms with Gasteiger partial charge in [0.15, 0.2) is 0 Å². The summed E-state index contributed by atoms with van der Waals surface area (Å²) < 4.78 is 149. The number of alkyl halides is 11. The maximum absolute atomic E-state index is 13.7. The van der Waals surface area contributed by atoms with E-state index in [4.69, 9.17) is 4.74 Å². The van der Waals surface area contributed by atoms with E-state index in [-0.39, 0.29) is 6.54 Å². The van der Waals surface area contributed by atoms with E-state index in [2.05, 4.69) is 0 Å². The quantitative estimate of drug-likeness (QED) is 0.451. The minimum absolute atomic E-state index is 0.0615. The number of morpholine rings is 1. The SMILES string of the molecule is O=C(NCCN1CCOCC1)C(F)(F)CC(F)(F)C(F)(F)CCC(F)(F)CC(F)(F)F. The molecule has 1 amide bonds. The van der Waals surface area contributed by atoms with E-state index in [0.29, 0.717) is 26.3 Å². The lowest BCUT2D eigenvalue weighted by Gasteiger charge is -2.30. The van der Waals surface area contributed by atoms with E-state index in [9.17, 15) is 53.1 Å². The van der Waals surface area contributed by atoms with Gasteiger partial charge in [-0.1, -0.05) is 0 Å². The molecule has 0 bridgehead atoms. The number of nitrogens with one attached hydrogen (secondary N) is 1. The fourth-order valence-corrected chi connectivity index (χ4v) is 2.67. The van der Waals surface area contributed by atoms with Crippen LogP contribution in [0.4, 0.5) is 48.3 Å². The predicted octanol–water partition coefficient (Wildman–Crippen LogP) is 4.10. The standard InChI is InChI=1S/C16H21F11N2O2/c17-12(18,9-16(25,26)27)1-2-14(21,22)15(23,24)10-13(19,20)11(30)28-3-4-29-5-7-31-8-6-29/h1-10H2,(H,28,30). The molecule has 31 heavy (non-hydrogen) atoms. The first-order valence-electron chi connectivity index (χ1n) is 9.03. The molecule has 1 N–H and O–H groups in total. The summed E-state index contributed by atoms with van der Waals surface area (Å²) in [6.07, 6.45) is -16.1. The topological polar surface area (TPSA) is 41.6 Å². The molecule has 15 heteroatoms. The lowest BCUT2D eigenvalue weighted by atomic mass is 9.97. The third-order valence-electron chi connectivity index (χ3n) is 4.39. The van der Waals surface area contributed by atoms with Crippen molar-refractivity contribution in [1.29, 1.82) is 0 Å². The summed E-state index contributed by atoms with van der Waals surface area (Å²) in [5, 5.41) is 1.63. The number of ether oxygens (including phenoxy) is 1. The molecule has 1 rings (SSSR count). The number of rotatable bonds is 11. The maximum atomic E-state index is 13.7. The van der Waals surface area contributed by atoms with Gasteiger partial charge < -0.3 is 10.1 Å². The lowest BCUT2D eigenvalue weighted by molar-refractivity contribution is -0.247. The molecule has 0 aromatic carbocycles. The van der Waals surface area contributed by atoms with Crippen molar-refractivity contribution in [1.82, 2.24) is 10.2 Å². The first kappa shape index (κ1) is 27.7. The number of halogens is 11. The van der Waals surface area contributed by atoms with Crippen molar-refractivity contribution in [2.75, 3.05) is 39.4 Å². The second kappa shape index (κ2) is 10.0. The highest BCUT2D eigenvalue weighted by molar-refractivity contribution is 5.83. The Labute approximate surface area is 170 Å². The minimum Gasteiger partial charge on any atom is -0.379 e. The maximum Gasteiger partial charge on any atom is 0.394 e. The monoisotopic (exact) mass is 482 g/mol. The molecule has 0 unspecified atom stereocenters. The molecule has 4 nitrogen and oxygen atoms in total. The first-order chi connectivity index (χ1) is 13.9. The average Bonchev–Trinajstić information content (AvgIpc) is 2.58. The zero-order valence-corrected chi connectivity index (χ0v) is 16.0. The number of carbonyl (C=O) groups excluding carboxylic acids is 1. The molecule has 0 aliphatic carbocycles. The van der Waals surface area contributed by atoms with Gasteiger partial charge in [-0.3, -0.25) is 9.69 Å². The van der Waals surface area contributed by atoms with E-state index in [1.165, 1.54) is 0 Å². The molecule has 1 fully saturated rings. The van der Waals surface area contributed by atoms with Crippen LogP contribution in [0.3, 0.4) is 0 Å². The number of hydrogen-bond acceptors (Lipinski definition) is 3. The van der Waals surface area contributed by atoms with Gasteiger partial charge >= 0.3 is 23.9 Å². The van der Waals surface area contributed by atoms with Gasteiger partial charge in [0.05, 0.1) is 19.6 Å². The van der Waals surface area contributed by atoms with Gasteiger partial charge in [-0.25, -0.2) is 8.78 Å². The van der Waals surface area contributed by atoms with Crippen LogP contribution in [0.25, 0.3) is 0 Å². The molecule has 0 aromatic rings. The number of amides is 1. The molecular formula is C16H21F11N2O2. The minimum atomic E-state index is -5.63. The van der Waals surface area contributed by atoms with Gasteiger partial charge in [0.25, 0.3) is 11.8 Å². The molecule has 0 saturated carbocycles. The van der Waals surface area contributed by atoms with Gasteiger partial charge in [0.1, 0.15) is 6.42 Å². The fraction of sp³-hybridized carbons (Fsp3) is 0.938. The van der Waals surface area contributed by atoms with Crippen LogP contribution in [0.5, 0.6) is 0 Å². The zero-order valence-electron chi connectivity index (χ0n) is 16.0. The first-order valence-corrected chi connectivity index (χ1v) is 9.03. The van der Waals surface area contributed by atoms with Crippen molar-refractivity contribution < 1.29 is 57.8 Å². The number of nitrogens with zero attached hydrogens (tertiary/aromatic N) is 1. The summed E-state index contributed by atoms with van der Waals surface area (Å²) in [4.78, 5) is 13.2. The van der Waals surface area contributed by atoms with E-state index in [0.717, 1.165) is 0 Å². The molecule has 1 saturated heterocycles. The molecular weight excluding hydrogens is 461 g/mol. The van der Waals surface area contributed by atoms with Crippen molar-refractivity contribution in [3.8, 4) is 0 Å². The Morgan fingerprint density at radius 1 is 0.806 bits per heavy atom. The highest BCUT2D eigenvalue weighted by Gasteiger charge is 2.62. The van der Waals surface area contributed by atoms with E-state index < -0.39 is 68.0 Å². The van der Waals surface area contributed by atoms with Crippen LogP contribution in [-0.4, -0.2) is 80.1 Å². The normalized spacial score (nSPS) is 17.6. The van der Waals surface area contributed by atoms with Crippen molar-refractivity contribution >= 4 is 5.91 Å². The Morgan fingerprint density at radius 3 is 1.87 bits per heavy atom. The van der Waals surface area contributed by atoms with Gasteiger partial charge in [-0.15, -0.1) is 0 Å². The average molecular weight is 482 g/mol. The van der Waals surface area contributed by atoms with Gasteiger partial charge in [0.2, 0.25) is 0 Å². The Hall–Kier alpha value is -1.38. The summed E-state index contributed by atoms with van der Waals surface area (Å²) in [5.41, 5.74) is 0. The zero-order chi connectivity index (χ0) is 24.1. The summed E-state index contributed by atoms with van der Waals surface area (Å²) in [6, 6.07) is 0. The van der Waals surface area contributed by atoms with Crippen LogP contribution in [0, 0.1) is 0 Å². The molecule has 1 heterocycles. The highest BCUT2D eigenvalue weighted by Crippen LogP contribution is 2.46. The number of carbonyl (C=O) groups is 1. The third-order valence-corrected chi connectivity index (χ3v) is 4.39. The van der Waals surface area contributed by atoms with Crippen LogP contribution in [0.1, 0.15) is 25.7 Å². The molecule has 1 aliphatic rings. The smallest absolute Gasteiger partial charge is 0.379 e. The van der Waals surface area contributed by atoms with Crippen LogP contribution in [0.2, 0.25) is 0 Å². The Balaban J connectivity index is 2.63. The molecule has 1 aliphatic heterocycles. The molecule has 0 radical (unpaired) electrons. The van der Waals surface area contributed by atoms with Crippen LogP contribution in [-0.2, 0) is 9.53 Å². The van der Waals surface area contributed by atoms with Gasteiger partial charge in [-0.2, -0.15) is 39.5 Å². The highest BCUT2D eigenvalue weighted by atomic mass is 19.4. The molecule has 0 spiro atoms. The Kier molecular flexibility index (Phi) is 8.96. The summed E-state index contributed by atoms with van der Waals surface area (Å²) in [6.45, 7) is 1.22. The molecule has 184 valence electrons. The third kappa shape index (κ3) is 9.33. The van der Waals surface area contributed by atoms with Crippen LogP contribution < -0.4 is 5.32 Å². The molecule has 0 atom stereocenters. The fourth-order valence-electron chi connectivity index (χ4n) is 2.67. The van der Waals surface area contributed by atoms with Crippen LogP contribution in [0.15, 0.2) is 0 Å². The number of hydrogen-bond donors (Lipinski definition) is 1. The second-order valence-corrected chi connectivity index (χ2v) is 7.15. The summed E-state index contributed by atoms with van der Waals surface area (Å²) in [7, 11) is 0. The van der Waals surface area contributed by atoms with E-state index in [1.807, 2.05) is 0 Å². The van der Waals surface area contributed by atoms with Crippen LogP contribution >= 0.6 is 0 Å². The van der Waals surface area contributed by atoms with Gasteiger partial charge in [0, 0.05) is 39.0 Å². The summed E-state index contributed by atoms with van der Waals surface area (Å²) in [5.74, 6) is -23.2. The molecule has 0 aromatic heterocycles. The summed E-state index contributed by atoms with van der Waals surface area (Å²) >= 11 is 0. The van der Waals surface area contributed by atoms with Crippen molar-refractivity contribution in [2.24, 2.45) is 0 Å². The van der Waals surface area contributed by atoms with Crippen molar-refractivity contribution in [2.45, 2.75) is 55.5 Å². The predicted molar refractivity (Wildman–Crippen MR) is 84.6 cm³/mol. The Bertz CT molecular complexity index is 591. The van der Waals surface area contributed by atoms with E-state index >= 15 is 0 Å². The lowest BCUT2D eigenvalue weighted by Crippen LogP contribution is -2.51.